The number of hydrogen-bond acceptors (Lipinski definition) is 13. The summed E-state index contributed by atoms with van der Waals surface area (Å²) in [5.74, 6) is -0.377. The second kappa shape index (κ2) is 16.4. The molecule has 52 heavy (non-hydrogen) atoms. The lowest BCUT2D eigenvalue weighted by Crippen LogP contribution is -2.33. The fourth-order valence-corrected chi connectivity index (χ4v) is 6.65. The van der Waals surface area contributed by atoms with E-state index in [4.69, 9.17) is 32.1 Å². The fourth-order valence-electron chi connectivity index (χ4n) is 4.05. The van der Waals surface area contributed by atoms with Crippen LogP contribution < -0.4 is 20.7 Å². The number of phosphoric acid groups is 2. The van der Waals surface area contributed by atoms with E-state index < -0.39 is 81.8 Å². The van der Waals surface area contributed by atoms with Crippen LogP contribution in [0.25, 0.3) is 0 Å². The average molecular weight is 765 g/mol. The smallest absolute Gasteiger partial charge is 0.426 e. The summed E-state index contributed by atoms with van der Waals surface area (Å²) in [5.41, 5.74) is -1.63. The Hall–Kier alpha value is -3.98. The number of hydrogen-bond donors (Lipinski definition) is 2. The Morgan fingerprint density at radius 2 is 1.29 bits per heavy atom. The SMILES string of the molecule is Cc1cn([C@H]2C=C[C@@H](COP(=O)(O)OP(=O)(OCc3ccc(OC(=O)C(C)(C)C)cc3)OCc3ccc(OC(=O)C(C)(C)C)cc3)O2)c(=O)[nH]c1=O. The molecule has 0 aliphatic carbocycles. The Labute approximate surface area is 299 Å². The van der Waals surface area contributed by atoms with Gasteiger partial charge in [-0.3, -0.25) is 37.5 Å². The van der Waals surface area contributed by atoms with Crippen molar-refractivity contribution in [3.63, 3.8) is 0 Å². The topological polar surface area (TPSA) is 208 Å². The standard InChI is InChI=1S/C34H42N2O14P2/c1-22-18-36(32(40)35-29(22)37)28-17-16-27(47-28)21-44-51(41,42)50-52(43,45-19-23-8-12-25(13-9-23)48-30(38)33(2,3)4)46-20-24-10-14-26(15-11-24)49-31(39)34(5,6)7/h8-18,27-28H,19-21H2,1-7H3,(H,41,42)(H,35,37,40)/t27-,28+/m0/s1. The molecular formula is C34H42N2O14P2. The molecule has 0 bridgehead atoms. The summed E-state index contributed by atoms with van der Waals surface area (Å²) < 4.78 is 65.4. The van der Waals surface area contributed by atoms with Crippen LogP contribution in [0.1, 0.15) is 64.5 Å². The predicted molar refractivity (Wildman–Crippen MR) is 186 cm³/mol. The van der Waals surface area contributed by atoms with E-state index in [9.17, 15) is 33.2 Å². The third kappa shape index (κ3) is 11.8. The fraction of sp³-hybridized carbons (Fsp3) is 0.412. The van der Waals surface area contributed by atoms with Crippen molar-refractivity contribution >= 4 is 27.6 Å². The van der Waals surface area contributed by atoms with E-state index in [1.165, 1.54) is 73.8 Å². The van der Waals surface area contributed by atoms with Crippen molar-refractivity contribution in [3.05, 3.63) is 104 Å². The summed E-state index contributed by atoms with van der Waals surface area (Å²) in [5, 5.41) is 0. The van der Waals surface area contributed by atoms with Gasteiger partial charge in [-0.15, -0.1) is 0 Å². The molecule has 0 spiro atoms. The van der Waals surface area contributed by atoms with E-state index in [1.54, 1.807) is 41.5 Å². The summed E-state index contributed by atoms with van der Waals surface area (Å²) in [6.45, 7) is 10.4. The van der Waals surface area contributed by atoms with Crippen LogP contribution in [0.5, 0.6) is 11.5 Å². The molecule has 18 heteroatoms. The number of aryl methyl sites for hydroxylation is 1. The summed E-state index contributed by atoms with van der Waals surface area (Å²) in [6.07, 6.45) is 2.38. The van der Waals surface area contributed by atoms with Gasteiger partial charge in [0.05, 0.1) is 30.7 Å². The third-order valence-corrected chi connectivity index (χ3v) is 10.1. The highest BCUT2D eigenvalue weighted by atomic mass is 31.3. The van der Waals surface area contributed by atoms with Gasteiger partial charge in [-0.1, -0.05) is 30.3 Å². The first kappa shape index (κ1) is 40.8. The van der Waals surface area contributed by atoms with Gasteiger partial charge in [0, 0.05) is 11.8 Å². The van der Waals surface area contributed by atoms with Crippen LogP contribution in [-0.2, 0) is 54.6 Å². The molecule has 1 aromatic heterocycles. The van der Waals surface area contributed by atoms with Crippen molar-refractivity contribution in [2.24, 2.45) is 10.8 Å². The van der Waals surface area contributed by atoms with Crippen molar-refractivity contribution in [1.82, 2.24) is 9.55 Å². The Balaban J connectivity index is 1.43. The first-order valence-corrected chi connectivity index (χ1v) is 18.9. The Morgan fingerprint density at radius 1 is 0.808 bits per heavy atom. The number of benzene rings is 2. The van der Waals surface area contributed by atoms with Crippen LogP contribution in [0, 0.1) is 17.8 Å². The second-order valence-corrected chi connectivity index (χ2v) is 17.1. The van der Waals surface area contributed by atoms with Crippen molar-refractivity contribution in [1.29, 1.82) is 0 Å². The highest BCUT2D eigenvalue weighted by Crippen LogP contribution is 2.64. The molecule has 282 valence electrons. The number of esters is 2. The van der Waals surface area contributed by atoms with E-state index >= 15 is 0 Å². The zero-order chi connectivity index (χ0) is 38.5. The average Bonchev–Trinajstić information content (AvgIpc) is 3.53. The summed E-state index contributed by atoms with van der Waals surface area (Å²) in [4.78, 5) is 61.1. The van der Waals surface area contributed by atoms with Crippen LogP contribution in [0.3, 0.4) is 0 Å². The minimum Gasteiger partial charge on any atom is -0.426 e. The third-order valence-electron chi connectivity index (χ3n) is 7.10. The molecule has 3 atom stereocenters. The van der Waals surface area contributed by atoms with Gasteiger partial charge >= 0.3 is 33.3 Å². The second-order valence-electron chi connectivity index (χ2n) is 13.8. The number of aromatic nitrogens is 2. The summed E-state index contributed by atoms with van der Waals surface area (Å²) in [7, 11) is -10.0. The number of ether oxygens (including phenoxy) is 3. The highest BCUT2D eigenvalue weighted by molar-refractivity contribution is 7.61. The van der Waals surface area contributed by atoms with Crippen LogP contribution in [0.15, 0.2) is 76.5 Å². The number of carbonyl (C=O) groups is 2. The monoisotopic (exact) mass is 764 g/mol. The lowest BCUT2D eigenvalue weighted by Gasteiger charge is -2.22. The van der Waals surface area contributed by atoms with Crippen LogP contribution in [-0.4, -0.2) is 39.1 Å². The Morgan fingerprint density at radius 3 is 1.75 bits per heavy atom. The highest BCUT2D eigenvalue weighted by Gasteiger charge is 2.39. The number of nitrogens with one attached hydrogen (secondary N) is 1. The molecule has 2 aromatic carbocycles. The maximum Gasteiger partial charge on any atom is 0.484 e. The lowest BCUT2D eigenvalue weighted by atomic mass is 9.97. The van der Waals surface area contributed by atoms with Gasteiger partial charge in [0.15, 0.2) is 6.23 Å². The number of aromatic amines is 1. The van der Waals surface area contributed by atoms with Crippen molar-refractivity contribution < 1.29 is 55.7 Å². The minimum absolute atomic E-state index is 0.259. The zero-order valence-corrected chi connectivity index (χ0v) is 31.5. The van der Waals surface area contributed by atoms with E-state index in [2.05, 4.69) is 4.98 Å². The molecule has 2 N–H and O–H groups in total. The molecule has 1 aliphatic heterocycles. The Kier molecular flexibility index (Phi) is 12.8. The largest absolute Gasteiger partial charge is 0.484 e. The zero-order valence-electron chi connectivity index (χ0n) is 29.7. The molecule has 0 amide bonds. The molecule has 16 nitrogen and oxygen atoms in total. The molecule has 1 aliphatic rings. The van der Waals surface area contributed by atoms with Crippen LogP contribution >= 0.6 is 15.6 Å². The van der Waals surface area contributed by atoms with E-state index in [0.29, 0.717) is 11.1 Å². The lowest BCUT2D eigenvalue weighted by molar-refractivity contribution is -0.143. The van der Waals surface area contributed by atoms with Crippen LogP contribution in [0.4, 0.5) is 0 Å². The van der Waals surface area contributed by atoms with E-state index in [1.807, 2.05) is 0 Å². The molecular weight excluding hydrogens is 722 g/mol. The molecule has 3 aromatic rings. The minimum atomic E-state index is -5.16. The number of nitrogens with zero attached hydrogens (tertiary/aromatic N) is 1. The molecule has 0 saturated heterocycles. The van der Waals surface area contributed by atoms with Gasteiger partial charge in [-0.25, -0.2) is 13.9 Å². The van der Waals surface area contributed by atoms with Gasteiger partial charge < -0.3 is 19.1 Å². The first-order valence-electron chi connectivity index (χ1n) is 16.0. The first-order chi connectivity index (χ1) is 24.1. The van der Waals surface area contributed by atoms with Gasteiger partial charge in [-0.2, -0.15) is 4.31 Å². The maximum atomic E-state index is 13.8. The predicted octanol–water partition coefficient (Wildman–Crippen LogP) is 5.88. The van der Waals surface area contributed by atoms with Crippen LogP contribution in [0.2, 0.25) is 0 Å². The quantitative estimate of drug-likeness (QED) is 0.0851. The molecule has 4 rings (SSSR count). The molecule has 0 fully saturated rings. The van der Waals surface area contributed by atoms with Gasteiger partial charge in [-0.05, 0) is 89.9 Å². The van der Waals surface area contributed by atoms with Crippen molar-refractivity contribution in [2.75, 3.05) is 6.61 Å². The van der Waals surface area contributed by atoms with Crippen molar-refractivity contribution in [2.45, 2.75) is 74.0 Å². The van der Waals surface area contributed by atoms with E-state index in [-0.39, 0.29) is 17.1 Å². The normalized spacial score (nSPS) is 17.5. The Bertz CT molecular complexity index is 1910. The number of phosphoric ester groups is 2. The molecule has 0 radical (unpaired) electrons. The summed E-state index contributed by atoms with van der Waals surface area (Å²) >= 11 is 0. The molecule has 2 heterocycles. The van der Waals surface area contributed by atoms with Gasteiger partial charge in [0.1, 0.15) is 17.6 Å². The number of H-pyrrole nitrogens is 1. The number of rotatable bonds is 14. The molecule has 1 unspecified atom stereocenters. The number of carbonyl (C=O) groups excluding carboxylic acids is 2. The maximum absolute atomic E-state index is 13.8. The van der Waals surface area contributed by atoms with Gasteiger partial charge in [0.25, 0.3) is 5.56 Å². The summed E-state index contributed by atoms with van der Waals surface area (Å²) in [6, 6.07) is 12.1. The van der Waals surface area contributed by atoms with Gasteiger partial charge in [0.2, 0.25) is 0 Å². The van der Waals surface area contributed by atoms with Crippen molar-refractivity contribution in [3.8, 4) is 11.5 Å². The van der Waals surface area contributed by atoms with E-state index in [0.717, 1.165) is 4.57 Å². The molecule has 0 saturated carbocycles.